The summed E-state index contributed by atoms with van der Waals surface area (Å²) in [5.41, 5.74) is 0.920. The molecule has 1 saturated heterocycles. The number of hydrogen-bond acceptors (Lipinski definition) is 5. The van der Waals surface area contributed by atoms with Crippen molar-refractivity contribution in [3.05, 3.63) is 11.1 Å². The van der Waals surface area contributed by atoms with Crippen LogP contribution in [0.3, 0.4) is 0 Å². The Labute approximate surface area is 126 Å². The smallest absolute Gasteiger partial charge is 0.383 e. The number of alkyl halides is 3. The molecule has 1 aromatic rings. The first-order chi connectivity index (χ1) is 10.0. The van der Waals surface area contributed by atoms with Crippen molar-refractivity contribution in [3.8, 4) is 0 Å². The summed E-state index contributed by atoms with van der Waals surface area (Å²) in [6.45, 7) is 2.89. The highest BCUT2D eigenvalue weighted by Gasteiger charge is 2.41. The van der Waals surface area contributed by atoms with Gasteiger partial charge in [0.15, 0.2) is 5.13 Å². The second kappa shape index (κ2) is 7.42. The van der Waals surface area contributed by atoms with E-state index in [0.717, 1.165) is 17.4 Å². The van der Waals surface area contributed by atoms with Crippen LogP contribution in [0, 0.1) is 5.92 Å². The molecule has 0 spiro atoms. The molecule has 0 saturated carbocycles. The molecule has 2 heterocycles. The summed E-state index contributed by atoms with van der Waals surface area (Å²) in [4.78, 5) is 6.43. The second-order valence-electron chi connectivity index (χ2n) is 5.09. The molecule has 1 aliphatic rings. The fourth-order valence-corrected chi connectivity index (χ4v) is 3.19. The Morgan fingerprint density at radius 3 is 2.76 bits per heavy atom. The van der Waals surface area contributed by atoms with Crippen molar-refractivity contribution in [1.82, 2.24) is 10.3 Å². The van der Waals surface area contributed by atoms with E-state index in [1.807, 2.05) is 10.3 Å². The van der Waals surface area contributed by atoms with Gasteiger partial charge in [-0.2, -0.15) is 13.2 Å². The molecular formula is C13H20F3N3OS. The van der Waals surface area contributed by atoms with Crippen molar-refractivity contribution in [2.75, 3.05) is 38.3 Å². The van der Waals surface area contributed by atoms with Gasteiger partial charge in [0.05, 0.1) is 18.2 Å². The number of nitrogens with zero attached hydrogens (tertiary/aromatic N) is 2. The number of ether oxygens (including phenoxy) is 1. The Bertz CT molecular complexity index is 431. The van der Waals surface area contributed by atoms with Gasteiger partial charge >= 0.3 is 6.18 Å². The highest BCUT2D eigenvalue weighted by atomic mass is 32.1. The molecular weight excluding hydrogens is 303 g/mol. The van der Waals surface area contributed by atoms with Gasteiger partial charge < -0.3 is 15.0 Å². The lowest BCUT2D eigenvalue weighted by atomic mass is 9.97. The topological polar surface area (TPSA) is 37.4 Å². The standard InChI is InChI=1S/C13H20F3N3OS/c1-20-7-4-17-8-11-9-21-12(18-11)19-5-2-10(3-6-19)13(14,15)16/h9-10,17H,2-8H2,1H3. The molecule has 0 radical (unpaired) electrons. The van der Waals surface area contributed by atoms with Gasteiger partial charge in [0, 0.05) is 38.7 Å². The van der Waals surface area contributed by atoms with Gasteiger partial charge in [-0.25, -0.2) is 4.98 Å². The van der Waals surface area contributed by atoms with Gasteiger partial charge in [0.2, 0.25) is 0 Å². The van der Waals surface area contributed by atoms with Crippen LogP contribution in [-0.4, -0.2) is 44.5 Å². The van der Waals surface area contributed by atoms with Gasteiger partial charge in [-0.1, -0.05) is 0 Å². The van der Waals surface area contributed by atoms with Crippen molar-refractivity contribution in [3.63, 3.8) is 0 Å². The second-order valence-corrected chi connectivity index (χ2v) is 5.93. The average Bonchev–Trinajstić information content (AvgIpc) is 2.92. The van der Waals surface area contributed by atoms with E-state index in [9.17, 15) is 13.2 Å². The minimum Gasteiger partial charge on any atom is -0.383 e. The summed E-state index contributed by atoms with van der Waals surface area (Å²) in [5.74, 6) is -1.16. The zero-order chi connectivity index (χ0) is 15.3. The molecule has 0 unspecified atom stereocenters. The Hall–Kier alpha value is -0.860. The molecule has 1 fully saturated rings. The number of nitrogens with one attached hydrogen (secondary N) is 1. The van der Waals surface area contributed by atoms with Crippen LogP contribution in [0.2, 0.25) is 0 Å². The minimum absolute atomic E-state index is 0.157. The Morgan fingerprint density at radius 2 is 2.14 bits per heavy atom. The van der Waals surface area contributed by atoms with Crippen LogP contribution in [0.25, 0.3) is 0 Å². The van der Waals surface area contributed by atoms with Crippen LogP contribution in [0.4, 0.5) is 18.3 Å². The van der Waals surface area contributed by atoms with Crippen LogP contribution in [0.1, 0.15) is 18.5 Å². The molecule has 0 bridgehead atoms. The van der Waals surface area contributed by atoms with E-state index in [4.69, 9.17) is 4.74 Å². The van der Waals surface area contributed by atoms with E-state index in [1.165, 1.54) is 11.3 Å². The largest absolute Gasteiger partial charge is 0.391 e. The number of hydrogen-bond donors (Lipinski definition) is 1. The number of aromatic nitrogens is 1. The van der Waals surface area contributed by atoms with Gasteiger partial charge in [-0.05, 0) is 12.8 Å². The summed E-state index contributed by atoms with van der Waals surface area (Å²) >= 11 is 1.49. The highest BCUT2D eigenvalue weighted by molar-refractivity contribution is 7.13. The Morgan fingerprint density at radius 1 is 1.43 bits per heavy atom. The molecule has 21 heavy (non-hydrogen) atoms. The molecule has 8 heteroatoms. The monoisotopic (exact) mass is 323 g/mol. The van der Waals surface area contributed by atoms with Crippen LogP contribution >= 0.6 is 11.3 Å². The first-order valence-electron chi connectivity index (χ1n) is 6.96. The summed E-state index contributed by atoms with van der Waals surface area (Å²) < 4.78 is 42.8. The van der Waals surface area contributed by atoms with E-state index >= 15 is 0 Å². The van der Waals surface area contributed by atoms with Crippen molar-refractivity contribution in [1.29, 1.82) is 0 Å². The number of rotatable bonds is 6. The third kappa shape index (κ3) is 4.82. The predicted molar refractivity (Wildman–Crippen MR) is 76.7 cm³/mol. The molecule has 120 valence electrons. The number of halogens is 3. The van der Waals surface area contributed by atoms with Crippen molar-refractivity contribution in [2.45, 2.75) is 25.6 Å². The summed E-state index contributed by atoms with van der Waals surface area (Å²) in [7, 11) is 1.65. The maximum absolute atomic E-state index is 12.6. The third-order valence-corrected chi connectivity index (χ3v) is 4.51. The molecule has 1 aliphatic heterocycles. The van der Waals surface area contributed by atoms with Crippen LogP contribution in [0.5, 0.6) is 0 Å². The number of thiazole rings is 1. The number of methoxy groups -OCH3 is 1. The highest BCUT2D eigenvalue weighted by Crippen LogP contribution is 2.35. The zero-order valence-electron chi connectivity index (χ0n) is 11.9. The fourth-order valence-electron chi connectivity index (χ4n) is 2.31. The SMILES string of the molecule is COCCNCc1csc(N2CCC(C(F)(F)F)CC2)n1. The molecule has 0 aromatic carbocycles. The third-order valence-electron chi connectivity index (χ3n) is 3.56. The van der Waals surface area contributed by atoms with Crippen molar-refractivity contribution >= 4 is 16.5 Å². The lowest BCUT2D eigenvalue weighted by molar-refractivity contribution is -0.179. The van der Waals surface area contributed by atoms with E-state index in [2.05, 4.69) is 10.3 Å². The van der Waals surface area contributed by atoms with E-state index in [1.54, 1.807) is 7.11 Å². The van der Waals surface area contributed by atoms with Gasteiger partial charge in [-0.15, -0.1) is 11.3 Å². The van der Waals surface area contributed by atoms with Crippen molar-refractivity contribution < 1.29 is 17.9 Å². The molecule has 1 aromatic heterocycles. The van der Waals surface area contributed by atoms with E-state index < -0.39 is 12.1 Å². The van der Waals surface area contributed by atoms with E-state index in [0.29, 0.717) is 26.2 Å². The summed E-state index contributed by atoms with van der Waals surface area (Å²) in [5, 5.41) is 5.97. The van der Waals surface area contributed by atoms with Crippen LogP contribution < -0.4 is 10.2 Å². The molecule has 1 N–H and O–H groups in total. The first kappa shape index (κ1) is 16.5. The quantitative estimate of drug-likeness (QED) is 0.817. The Balaban J connectivity index is 1.80. The molecule has 0 aliphatic carbocycles. The normalized spacial score (nSPS) is 17.4. The van der Waals surface area contributed by atoms with Crippen LogP contribution in [0.15, 0.2) is 5.38 Å². The molecule has 2 rings (SSSR count). The molecule has 0 atom stereocenters. The van der Waals surface area contributed by atoms with Gasteiger partial charge in [0.25, 0.3) is 0 Å². The number of piperidine rings is 1. The predicted octanol–water partition coefficient (Wildman–Crippen LogP) is 2.66. The van der Waals surface area contributed by atoms with Gasteiger partial charge in [0.1, 0.15) is 0 Å². The van der Waals surface area contributed by atoms with Crippen LogP contribution in [-0.2, 0) is 11.3 Å². The van der Waals surface area contributed by atoms with E-state index in [-0.39, 0.29) is 12.8 Å². The first-order valence-corrected chi connectivity index (χ1v) is 7.84. The molecule has 0 amide bonds. The lowest BCUT2D eigenvalue weighted by Crippen LogP contribution is -2.39. The summed E-state index contributed by atoms with van der Waals surface area (Å²) in [6, 6.07) is 0. The fraction of sp³-hybridized carbons (Fsp3) is 0.769. The maximum atomic E-state index is 12.6. The van der Waals surface area contributed by atoms with Crippen molar-refractivity contribution in [2.24, 2.45) is 5.92 Å². The maximum Gasteiger partial charge on any atom is 0.391 e. The minimum atomic E-state index is -4.06. The number of anilines is 1. The summed E-state index contributed by atoms with van der Waals surface area (Å²) in [6.07, 6.45) is -3.75. The zero-order valence-corrected chi connectivity index (χ0v) is 12.8. The Kier molecular flexibility index (Phi) is 5.83. The molecule has 4 nitrogen and oxygen atoms in total. The average molecular weight is 323 g/mol. The lowest BCUT2D eigenvalue weighted by Gasteiger charge is -2.32. The van der Waals surface area contributed by atoms with Gasteiger partial charge in [-0.3, -0.25) is 0 Å².